The van der Waals surface area contributed by atoms with E-state index in [1.165, 1.54) is 38.6 Å². The van der Waals surface area contributed by atoms with Gasteiger partial charge in [0, 0.05) is 0 Å². The molecule has 0 bridgehead atoms. The molecule has 1 atom stereocenters. The van der Waals surface area contributed by atoms with Crippen LogP contribution >= 0.6 is 7.82 Å². The number of rotatable bonds is 16. The average Bonchev–Trinajstić information content (AvgIpc) is 2.48. The van der Waals surface area contributed by atoms with Crippen molar-refractivity contribution in [1.29, 1.82) is 0 Å². The zero-order valence-corrected chi connectivity index (χ0v) is 15.7. The van der Waals surface area contributed by atoms with Crippen LogP contribution in [0.4, 0.5) is 0 Å². The van der Waals surface area contributed by atoms with Crippen molar-refractivity contribution >= 4 is 7.82 Å². The molecule has 0 amide bonds. The van der Waals surface area contributed by atoms with Crippen molar-refractivity contribution < 1.29 is 18.5 Å². The Morgan fingerprint density at radius 3 is 2.00 bits per heavy atom. The molecule has 0 aromatic rings. The Bertz CT molecular complexity index is 289. The SMILES string of the molecule is CCCCCN(C)CCCCCCCOP(=O)(O)OCCC. The lowest BCUT2D eigenvalue weighted by Crippen LogP contribution is -2.20. The van der Waals surface area contributed by atoms with E-state index in [9.17, 15) is 9.46 Å². The lowest BCUT2D eigenvalue weighted by molar-refractivity contribution is 0.147. The molecule has 0 saturated heterocycles. The Balaban J connectivity index is 3.34. The Hall–Kier alpha value is 0.0700. The normalized spacial score (nSPS) is 14.4. The largest absolute Gasteiger partial charge is 0.472 e. The Labute approximate surface area is 137 Å². The van der Waals surface area contributed by atoms with Gasteiger partial charge >= 0.3 is 7.82 Å². The van der Waals surface area contributed by atoms with Gasteiger partial charge in [0.05, 0.1) is 13.2 Å². The lowest BCUT2D eigenvalue weighted by Gasteiger charge is -2.16. The van der Waals surface area contributed by atoms with E-state index in [-0.39, 0.29) is 6.61 Å². The summed E-state index contributed by atoms with van der Waals surface area (Å²) in [6.45, 7) is 7.05. The quantitative estimate of drug-likeness (QED) is 0.329. The summed E-state index contributed by atoms with van der Waals surface area (Å²) >= 11 is 0. The molecule has 1 unspecified atom stereocenters. The summed E-state index contributed by atoms with van der Waals surface area (Å²) in [6, 6.07) is 0. The maximum Gasteiger partial charge on any atom is 0.472 e. The second-order valence-electron chi connectivity index (χ2n) is 5.91. The summed E-state index contributed by atoms with van der Waals surface area (Å²) in [5.74, 6) is 0. The molecular weight excluding hydrogens is 301 g/mol. The third-order valence-electron chi connectivity index (χ3n) is 3.54. The minimum Gasteiger partial charge on any atom is -0.306 e. The van der Waals surface area contributed by atoms with E-state index in [1.54, 1.807) is 0 Å². The molecule has 5 nitrogen and oxygen atoms in total. The zero-order valence-electron chi connectivity index (χ0n) is 14.8. The van der Waals surface area contributed by atoms with E-state index in [0.717, 1.165) is 25.8 Å². The van der Waals surface area contributed by atoms with E-state index in [1.807, 2.05) is 6.92 Å². The van der Waals surface area contributed by atoms with Crippen molar-refractivity contribution in [3.05, 3.63) is 0 Å². The van der Waals surface area contributed by atoms with Crippen LogP contribution in [0.5, 0.6) is 0 Å². The number of hydrogen-bond acceptors (Lipinski definition) is 4. The number of nitrogens with zero attached hydrogens (tertiary/aromatic N) is 1. The molecule has 6 heteroatoms. The predicted octanol–water partition coefficient (Wildman–Crippen LogP) is 4.60. The summed E-state index contributed by atoms with van der Waals surface area (Å²) in [6.07, 6.45) is 10.0. The molecule has 0 aliphatic carbocycles. The van der Waals surface area contributed by atoms with Crippen molar-refractivity contribution in [3.8, 4) is 0 Å². The molecular formula is C16H36NO4P. The van der Waals surface area contributed by atoms with E-state index in [0.29, 0.717) is 13.0 Å². The van der Waals surface area contributed by atoms with Crippen LogP contribution in [0.15, 0.2) is 0 Å². The van der Waals surface area contributed by atoms with Gasteiger partial charge in [0.2, 0.25) is 0 Å². The molecule has 0 rings (SSSR count). The second-order valence-corrected chi connectivity index (χ2v) is 7.37. The highest BCUT2D eigenvalue weighted by atomic mass is 31.2. The molecule has 134 valence electrons. The fourth-order valence-corrected chi connectivity index (χ4v) is 3.03. The summed E-state index contributed by atoms with van der Waals surface area (Å²) in [4.78, 5) is 11.8. The van der Waals surface area contributed by atoms with E-state index in [4.69, 9.17) is 9.05 Å². The van der Waals surface area contributed by atoms with Crippen molar-refractivity contribution in [2.45, 2.75) is 71.6 Å². The first-order valence-electron chi connectivity index (χ1n) is 8.82. The van der Waals surface area contributed by atoms with Crippen molar-refractivity contribution in [1.82, 2.24) is 4.90 Å². The van der Waals surface area contributed by atoms with Gasteiger partial charge < -0.3 is 9.79 Å². The van der Waals surface area contributed by atoms with Crippen LogP contribution in [0.1, 0.15) is 71.6 Å². The first-order valence-corrected chi connectivity index (χ1v) is 10.3. The molecule has 0 aromatic heterocycles. The lowest BCUT2D eigenvalue weighted by atomic mass is 10.1. The molecule has 0 spiro atoms. The first-order chi connectivity index (χ1) is 10.5. The van der Waals surface area contributed by atoms with Crippen LogP contribution < -0.4 is 0 Å². The number of unbranched alkanes of at least 4 members (excludes halogenated alkanes) is 6. The molecule has 22 heavy (non-hydrogen) atoms. The zero-order chi connectivity index (χ0) is 16.7. The molecule has 0 fully saturated rings. The van der Waals surface area contributed by atoms with Crippen LogP contribution in [0, 0.1) is 0 Å². The fraction of sp³-hybridized carbons (Fsp3) is 1.00. The Morgan fingerprint density at radius 2 is 1.36 bits per heavy atom. The van der Waals surface area contributed by atoms with Crippen LogP contribution in [0.2, 0.25) is 0 Å². The minimum atomic E-state index is -3.80. The van der Waals surface area contributed by atoms with Crippen molar-refractivity contribution in [2.24, 2.45) is 0 Å². The monoisotopic (exact) mass is 337 g/mol. The minimum absolute atomic E-state index is 0.263. The van der Waals surface area contributed by atoms with Gasteiger partial charge in [-0.15, -0.1) is 0 Å². The topological polar surface area (TPSA) is 59.0 Å². The summed E-state index contributed by atoms with van der Waals surface area (Å²) in [5, 5.41) is 0. The molecule has 0 heterocycles. The summed E-state index contributed by atoms with van der Waals surface area (Å²) in [5.41, 5.74) is 0. The van der Waals surface area contributed by atoms with Crippen LogP contribution in [0.25, 0.3) is 0 Å². The smallest absolute Gasteiger partial charge is 0.306 e. The van der Waals surface area contributed by atoms with Crippen molar-refractivity contribution in [3.63, 3.8) is 0 Å². The van der Waals surface area contributed by atoms with Gasteiger partial charge in [-0.2, -0.15) is 0 Å². The van der Waals surface area contributed by atoms with Gasteiger partial charge in [-0.25, -0.2) is 4.57 Å². The highest BCUT2D eigenvalue weighted by Crippen LogP contribution is 2.43. The maximum atomic E-state index is 11.4. The molecule has 0 aliphatic heterocycles. The van der Waals surface area contributed by atoms with Gasteiger partial charge in [-0.1, -0.05) is 46.0 Å². The molecule has 0 radical (unpaired) electrons. The van der Waals surface area contributed by atoms with Crippen LogP contribution in [0.3, 0.4) is 0 Å². The molecule has 1 N–H and O–H groups in total. The molecule has 0 saturated carbocycles. The predicted molar refractivity (Wildman–Crippen MR) is 92.1 cm³/mol. The Morgan fingerprint density at radius 1 is 0.818 bits per heavy atom. The Kier molecular flexibility index (Phi) is 14.7. The number of phosphoric ester groups is 1. The number of hydrogen-bond donors (Lipinski definition) is 1. The third-order valence-corrected chi connectivity index (χ3v) is 4.56. The fourth-order valence-electron chi connectivity index (χ4n) is 2.18. The highest BCUT2D eigenvalue weighted by Gasteiger charge is 2.19. The highest BCUT2D eigenvalue weighted by molar-refractivity contribution is 7.47. The molecule has 0 aliphatic rings. The molecule has 0 aromatic carbocycles. The third kappa shape index (κ3) is 15.0. The van der Waals surface area contributed by atoms with Crippen LogP contribution in [-0.2, 0) is 13.6 Å². The van der Waals surface area contributed by atoms with Crippen molar-refractivity contribution in [2.75, 3.05) is 33.4 Å². The van der Waals surface area contributed by atoms with E-state index < -0.39 is 7.82 Å². The van der Waals surface area contributed by atoms with Gasteiger partial charge in [-0.05, 0) is 45.8 Å². The van der Waals surface area contributed by atoms with Gasteiger partial charge in [-0.3, -0.25) is 9.05 Å². The van der Waals surface area contributed by atoms with Gasteiger partial charge in [0.1, 0.15) is 0 Å². The summed E-state index contributed by atoms with van der Waals surface area (Å²) in [7, 11) is -1.61. The second kappa shape index (κ2) is 14.6. The van der Waals surface area contributed by atoms with E-state index in [2.05, 4.69) is 18.9 Å². The average molecular weight is 337 g/mol. The number of phosphoric acid groups is 1. The first kappa shape index (κ1) is 22.1. The van der Waals surface area contributed by atoms with Gasteiger partial charge in [0.25, 0.3) is 0 Å². The maximum absolute atomic E-state index is 11.4. The van der Waals surface area contributed by atoms with Crippen LogP contribution in [-0.4, -0.2) is 43.1 Å². The van der Waals surface area contributed by atoms with E-state index >= 15 is 0 Å². The van der Waals surface area contributed by atoms with Gasteiger partial charge in [0.15, 0.2) is 0 Å². The standard InChI is InChI=1S/C16H36NO4P/c1-4-6-10-13-17(3)14-11-8-7-9-12-16-21-22(18,19)20-15-5-2/h4-16H2,1-3H3,(H,18,19). The summed E-state index contributed by atoms with van der Waals surface area (Å²) < 4.78 is 21.1.